The van der Waals surface area contributed by atoms with E-state index in [4.69, 9.17) is 5.73 Å². The molecule has 4 heteroatoms. The van der Waals surface area contributed by atoms with Gasteiger partial charge in [0.1, 0.15) is 5.82 Å². The first-order valence-electron chi connectivity index (χ1n) is 4.65. The van der Waals surface area contributed by atoms with Crippen LogP contribution in [0.15, 0.2) is 18.3 Å². The number of nitrogens with one attached hydrogen (secondary N) is 1. The number of pyridine rings is 1. The highest BCUT2D eigenvalue weighted by atomic mass is 16.3. The summed E-state index contributed by atoms with van der Waals surface area (Å²) >= 11 is 0. The third-order valence-electron chi connectivity index (χ3n) is 1.83. The first-order valence-corrected chi connectivity index (χ1v) is 4.65. The molecule has 1 aromatic rings. The fourth-order valence-electron chi connectivity index (χ4n) is 1.01. The molecular weight excluding hydrogens is 178 g/mol. The zero-order valence-electron chi connectivity index (χ0n) is 8.62. The van der Waals surface area contributed by atoms with Gasteiger partial charge in [0.2, 0.25) is 0 Å². The Balaban J connectivity index is 2.35. The van der Waals surface area contributed by atoms with Gasteiger partial charge in [-0.1, -0.05) is 0 Å². The van der Waals surface area contributed by atoms with Gasteiger partial charge < -0.3 is 16.2 Å². The zero-order valence-corrected chi connectivity index (χ0v) is 8.62. The standard InChI is InChI=1S/C10H17N3O/c1-10(2,14)5-6-12-9-4-3-8(11)7-13-9/h3-4,7,14H,5-6,11H2,1-2H3,(H,12,13). The van der Waals surface area contributed by atoms with Gasteiger partial charge in [0, 0.05) is 6.54 Å². The predicted molar refractivity (Wildman–Crippen MR) is 58.1 cm³/mol. The van der Waals surface area contributed by atoms with E-state index < -0.39 is 5.60 Å². The smallest absolute Gasteiger partial charge is 0.126 e. The van der Waals surface area contributed by atoms with E-state index in [-0.39, 0.29) is 0 Å². The molecule has 4 N–H and O–H groups in total. The van der Waals surface area contributed by atoms with E-state index in [1.807, 2.05) is 6.07 Å². The van der Waals surface area contributed by atoms with Crippen LogP contribution in [0.25, 0.3) is 0 Å². The van der Waals surface area contributed by atoms with Gasteiger partial charge in [-0.05, 0) is 32.4 Å². The molecule has 0 aromatic carbocycles. The van der Waals surface area contributed by atoms with Crippen LogP contribution >= 0.6 is 0 Å². The molecule has 1 aromatic heterocycles. The summed E-state index contributed by atoms with van der Waals surface area (Å²) in [6.45, 7) is 4.26. The topological polar surface area (TPSA) is 71.2 Å². The number of nitrogens with zero attached hydrogens (tertiary/aromatic N) is 1. The molecule has 0 bridgehead atoms. The van der Waals surface area contributed by atoms with Gasteiger partial charge in [0.15, 0.2) is 0 Å². The number of nitrogen functional groups attached to an aromatic ring is 1. The second-order valence-corrected chi connectivity index (χ2v) is 3.97. The molecule has 4 nitrogen and oxygen atoms in total. The molecule has 0 spiro atoms. The maximum atomic E-state index is 9.46. The van der Waals surface area contributed by atoms with Crippen molar-refractivity contribution in [2.75, 3.05) is 17.6 Å². The number of anilines is 2. The lowest BCUT2D eigenvalue weighted by molar-refractivity contribution is 0.0748. The summed E-state index contributed by atoms with van der Waals surface area (Å²) in [4.78, 5) is 4.08. The van der Waals surface area contributed by atoms with Crippen LogP contribution in [0.5, 0.6) is 0 Å². The van der Waals surface area contributed by atoms with Crippen molar-refractivity contribution in [3.63, 3.8) is 0 Å². The van der Waals surface area contributed by atoms with Crippen LogP contribution in [0, 0.1) is 0 Å². The van der Waals surface area contributed by atoms with Crippen molar-refractivity contribution in [2.24, 2.45) is 0 Å². The highest BCUT2D eigenvalue weighted by molar-refractivity contribution is 5.43. The summed E-state index contributed by atoms with van der Waals surface area (Å²) in [5.41, 5.74) is 5.51. The Morgan fingerprint density at radius 1 is 1.50 bits per heavy atom. The van der Waals surface area contributed by atoms with Gasteiger partial charge in [-0.25, -0.2) is 4.98 Å². The third kappa shape index (κ3) is 4.09. The maximum absolute atomic E-state index is 9.46. The van der Waals surface area contributed by atoms with Gasteiger partial charge in [0.05, 0.1) is 17.5 Å². The number of hydrogen-bond acceptors (Lipinski definition) is 4. The minimum absolute atomic E-state index is 0.638. The van der Waals surface area contributed by atoms with Crippen LogP contribution in [0.2, 0.25) is 0 Å². The molecule has 0 radical (unpaired) electrons. The Morgan fingerprint density at radius 3 is 2.71 bits per heavy atom. The molecule has 0 amide bonds. The number of rotatable bonds is 4. The van der Waals surface area contributed by atoms with E-state index in [1.165, 1.54) is 0 Å². The maximum Gasteiger partial charge on any atom is 0.126 e. The molecule has 14 heavy (non-hydrogen) atoms. The highest BCUT2D eigenvalue weighted by Crippen LogP contribution is 2.09. The number of nitrogens with two attached hydrogens (primary N) is 1. The van der Waals surface area contributed by atoms with Crippen LogP contribution in [-0.2, 0) is 0 Å². The van der Waals surface area contributed by atoms with E-state index in [0.717, 1.165) is 5.82 Å². The first kappa shape index (κ1) is 10.8. The molecular formula is C10H17N3O. The van der Waals surface area contributed by atoms with Crippen molar-refractivity contribution in [1.82, 2.24) is 4.98 Å². The van der Waals surface area contributed by atoms with Crippen molar-refractivity contribution in [3.8, 4) is 0 Å². The van der Waals surface area contributed by atoms with E-state index in [2.05, 4.69) is 10.3 Å². The number of hydrogen-bond donors (Lipinski definition) is 3. The Bertz CT molecular complexity index is 276. The Morgan fingerprint density at radius 2 is 2.21 bits per heavy atom. The fourth-order valence-corrected chi connectivity index (χ4v) is 1.01. The van der Waals surface area contributed by atoms with Gasteiger partial charge >= 0.3 is 0 Å². The Hall–Kier alpha value is -1.29. The molecule has 0 saturated heterocycles. The first-order chi connectivity index (χ1) is 6.47. The normalized spacial score (nSPS) is 11.4. The highest BCUT2D eigenvalue weighted by Gasteiger charge is 2.11. The fraction of sp³-hybridized carbons (Fsp3) is 0.500. The summed E-state index contributed by atoms with van der Waals surface area (Å²) < 4.78 is 0. The van der Waals surface area contributed by atoms with E-state index in [9.17, 15) is 5.11 Å². The van der Waals surface area contributed by atoms with Crippen LogP contribution in [0.4, 0.5) is 11.5 Å². The van der Waals surface area contributed by atoms with E-state index >= 15 is 0 Å². The molecule has 0 aliphatic heterocycles. The molecule has 1 heterocycles. The molecule has 0 fully saturated rings. The average Bonchev–Trinajstić information content (AvgIpc) is 2.06. The zero-order chi connectivity index (χ0) is 10.6. The van der Waals surface area contributed by atoms with E-state index in [1.54, 1.807) is 26.1 Å². The quantitative estimate of drug-likeness (QED) is 0.676. The monoisotopic (exact) mass is 195 g/mol. The minimum atomic E-state index is -0.638. The Labute approximate surface area is 84.2 Å². The molecule has 0 aliphatic rings. The van der Waals surface area contributed by atoms with Gasteiger partial charge in [-0.15, -0.1) is 0 Å². The van der Waals surface area contributed by atoms with Gasteiger partial charge in [-0.2, -0.15) is 0 Å². The lowest BCUT2D eigenvalue weighted by Crippen LogP contribution is -2.22. The summed E-state index contributed by atoms with van der Waals surface area (Å²) in [6, 6.07) is 3.61. The van der Waals surface area contributed by atoms with Gasteiger partial charge in [-0.3, -0.25) is 0 Å². The molecule has 78 valence electrons. The molecule has 1 rings (SSSR count). The molecule has 0 aliphatic carbocycles. The van der Waals surface area contributed by atoms with Crippen LogP contribution < -0.4 is 11.1 Å². The third-order valence-corrected chi connectivity index (χ3v) is 1.83. The lowest BCUT2D eigenvalue weighted by atomic mass is 10.1. The van der Waals surface area contributed by atoms with Crippen molar-refractivity contribution >= 4 is 11.5 Å². The summed E-state index contributed by atoms with van der Waals surface area (Å²) in [7, 11) is 0. The van der Waals surface area contributed by atoms with Gasteiger partial charge in [0.25, 0.3) is 0 Å². The number of aromatic nitrogens is 1. The molecule has 0 unspecified atom stereocenters. The molecule has 0 atom stereocenters. The van der Waals surface area contributed by atoms with Crippen molar-refractivity contribution in [1.29, 1.82) is 0 Å². The van der Waals surface area contributed by atoms with Crippen LogP contribution in [0.3, 0.4) is 0 Å². The SMILES string of the molecule is CC(C)(O)CCNc1ccc(N)cn1. The minimum Gasteiger partial charge on any atom is -0.397 e. The predicted octanol–water partition coefficient (Wildman–Crippen LogP) is 1.24. The second-order valence-electron chi connectivity index (χ2n) is 3.97. The van der Waals surface area contributed by atoms with Crippen molar-refractivity contribution in [3.05, 3.63) is 18.3 Å². The van der Waals surface area contributed by atoms with Crippen LogP contribution in [-0.4, -0.2) is 22.2 Å². The molecule has 0 saturated carbocycles. The van der Waals surface area contributed by atoms with E-state index in [0.29, 0.717) is 18.7 Å². The van der Waals surface area contributed by atoms with Crippen LogP contribution in [0.1, 0.15) is 20.3 Å². The van der Waals surface area contributed by atoms with Crippen molar-refractivity contribution < 1.29 is 5.11 Å². The number of aliphatic hydroxyl groups is 1. The van der Waals surface area contributed by atoms with Crippen molar-refractivity contribution in [2.45, 2.75) is 25.9 Å². The summed E-state index contributed by atoms with van der Waals surface area (Å²) in [6.07, 6.45) is 2.28. The summed E-state index contributed by atoms with van der Waals surface area (Å²) in [5, 5.41) is 12.6. The average molecular weight is 195 g/mol. The largest absolute Gasteiger partial charge is 0.397 e. The second kappa shape index (κ2) is 4.28. The summed E-state index contributed by atoms with van der Waals surface area (Å²) in [5.74, 6) is 0.781. The lowest BCUT2D eigenvalue weighted by Gasteiger charge is -2.17. The Kier molecular flexibility index (Phi) is 3.30.